The summed E-state index contributed by atoms with van der Waals surface area (Å²) in [5.74, 6) is 0.395. The Hall–Kier alpha value is -2.23. The number of nitrogens with zero attached hydrogens (tertiary/aromatic N) is 4. The predicted octanol–water partition coefficient (Wildman–Crippen LogP) is 2.58. The number of likely N-dealkylation sites (tertiary alicyclic amines) is 1. The van der Waals surface area contributed by atoms with Crippen molar-refractivity contribution in [3.63, 3.8) is 0 Å². The maximum absolute atomic E-state index is 12.9. The Labute approximate surface area is 175 Å². The van der Waals surface area contributed by atoms with Gasteiger partial charge in [-0.3, -0.25) is 14.6 Å². The Morgan fingerprint density at radius 2 is 2.03 bits per heavy atom. The third-order valence-corrected chi connectivity index (χ3v) is 4.87. The fraction of sp³-hybridized carbons (Fsp3) is 0.526. The summed E-state index contributed by atoms with van der Waals surface area (Å²) >= 11 is 0. The van der Waals surface area contributed by atoms with Gasteiger partial charge < -0.3 is 14.4 Å². The summed E-state index contributed by atoms with van der Waals surface area (Å²) < 4.78 is 23.7. The van der Waals surface area contributed by atoms with E-state index < -0.39 is 5.97 Å². The fourth-order valence-corrected chi connectivity index (χ4v) is 3.40. The van der Waals surface area contributed by atoms with Crippen molar-refractivity contribution >= 4 is 18.4 Å². The number of piperidine rings is 1. The number of hydrogen-bond donors (Lipinski definition) is 1. The molecule has 1 aliphatic rings. The van der Waals surface area contributed by atoms with Gasteiger partial charge in [-0.2, -0.15) is 4.98 Å². The lowest BCUT2D eigenvalue weighted by Gasteiger charge is -2.36. The lowest BCUT2D eigenvalue weighted by atomic mass is 10.0. The Kier molecular flexibility index (Phi) is 8.81. The van der Waals surface area contributed by atoms with E-state index >= 15 is 0 Å². The molecule has 1 N–H and O–H groups in total. The zero-order valence-corrected chi connectivity index (χ0v) is 17.1. The van der Waals surface area contributed by atoms with Crippen LogP contribution in [0.5, 0.6) is 5.75 Å². The van der Waals surface area contributed by atoms with Crippen LogP contribution >= 0.6 is 12.4 Å². The monoisotopic (exact) mass is 428 g/mol. The number of aliphatic carboxylic acids is 1. The molecule has 1 saturated heterocycles. The Balaban J connectivity index is 0.00000300. The molecule has 0 saturated carbocycles. The zero-order valence-electron chi connectivity index (χ0n) is 16.3. The quantitative estimate of drug-likeness (QED) is 0.651. The molecule has 1 aromatic carbocycles. The second-order valence-electron chi connectivity index (χ2n) is 6.81. The molecule has 0 amide bonds. The molecule has 8 nitrogen and oxygen atoms in total. The number of carboxylic acid groups (broad SMARTS) is 1. The molecule has 0 spiro atoms. The van der Waals surface area contributed by atoms with Crippen LogP contribution in [0.2, 0.25) is 0 Å². The molecule has 2 heterocycles. The standard InChI is InChI=1S/C19H25FN4O4.ClH/c1-2-24(12-19(25)26)15-7-9-23(10-8-15)11-18-21-17(22-28-18)13-27-16-5-3-14(20)4-6-16;/h3-6,15H,2,7-13H2,1H3,(H,25,26);1H. The lowest BCUT2D eigenvalue weighted by Crippen LogP contribution is -2.46. The molecule has 1 fully saturated rings. The van der Waals surface area contributed by atoms with E-state index in [1.54, 1.807) is 12.1 Å². The number of hydrogen-bond acceptors (Lipinski definition) is 7. The molecular weight excluding hydrogens is 403 g/mol. The molecular formula is C19H26ClFN4O4. The number of benzene rings is 1. The van der Waals surface area contributed by atoms with Crippen LogP contribution in [0, 0.1) is 5.82 Å². The first-order chi connectivity index (χ1) is 13.5. The first-order valence-electron chi connectivity index (χ1n) is 9.41. The number of rotatable bonds is 9. The second kappa shape index (κ2) is 11.1. The van der Waals surface area contributed by atoms with Crippen LogP contribution in [0.25, 0.3) is 0 Å². The second-order valence-corrected chi connectivity index (χ2v) is 6.81. The van der Waals surface area contributed by atoms with Crippen molar-refractivity contribution in [1.29, 1.82) is 0 Å². The van der Waals surface area contributed by atoms with Gasteiger partial charge in [-0.05, 0) is 43.7 Å². The van der Waals surface area contributed by atoms with Crippen molar-refractivity contribution in [2.75, 3.05) is 26.2 Å². The van der Waals surface area contributed by atoms with Gasteiger partial charge in [0.05, 0.1) is 13.1 Å². The van der Waals surface area contributed by atoms with Crippen LogP contribution in [0.3, 0.4) is 0 Å². The summed E-state index contributed by atoms with van der Waals surface area (Å²) in [5.41, 5.74) is 0. The molecule has 0 atom stereocenters. The van der Waals surface area contributed by atoms with Gasteiger partial charge >= 0.3 is 5.97 Å². The maximum Gasteiger partial charge on any atom is 0.317 e. The van der Waals surface area contributed by atoms with E-state index in [9.17, 15) is 9.18 Å². The van der Waals surface area contributed by atoms with Gasteiger partial charge in [0.25, 0.3) is 0 Å². The summed E-state index contributed by atoms with van der Waals surface area (Å²) in [6, 6.07) is 6.04. The van der Waals surface area contributed by atoms with Gasteiger partial charge in [0.2, 0.25) is 11.7 Å². The third kappa shape index (κ3) is 6.95. The van der Waals surface area contributed by atoms with Crippen molar-refractivity contribution in [1.82, 2.24) is 19.9 Å². The highest BCUT2D eigenvalue weighted by Crippen LogP contribution is 2.18. The van der Waals surface area contributed by atoms with Gasteiger partial charge in [-0.1, -0.05) is 12.1 Å². The lowest BCUT2D eigenvalue weighted by molar-refractivity contribution is -0.139. The highest BCUT2D eigenvalue weighted by atomic mass is 35.5. The number of likely N-dealkylation sites (N-methyl/N-ethyl adjacent to an activating group) is 1. The van der Waals surface area contributed by atoms with E-state index in [0.717, 1.165) is 32.5 Å². The van der Waals surface area contributed by atoms with E-state index in [4.69, 9.17) is 14.4 Å². The first kappa shape index (κ1) is 23.1. The van der Waals surface area contributed by atoms with Crippen LogP contribution in [-0.4, -0.2) is 63.2 Å². The summed E-state index contributed by atoms with van der Waals surface area (Å²) in [6.45, 7) is 5.22. The third-order valence-electron chi connectivity index (χ3n) is 4.87. The first-order valence-corrected chi connectivity index (χ1v) is 9.41. The van der Waals surface area contributed by atoms with Crippen molar-refractivity contribution in [2.24, 2.45) is 0 Å². The van der Waals surface area contributed by atoms with E-state index in [-0.39, 0.29) is 31.4 Å². The number of ether oxygens (including phenoxy) is 1. The van der Waals surface area contributed by atoms with Crippen LogP contribution in [0.4, 0.5) is 4.39 Å². The largest absolute Gasteiger partial charge is 0.485 e. The molecule has 2 aromatic rings. The minimum Gasteiger partial charge on any atom is -0.485 e. The highest BCUT2D eigenvalue weighted by molar-refractivity contribution is 5.85. The van der Waals surface area contributed by atoms with Crippen molar-refractivity contribution < 1.29 is 23.6 Å². The molecule has 0 radical (unpaired) electrons. The minimum absolute atomic E-state index is 0. The molecule has 0 bridgehead atoms. The molecule has 0 unspecified atom stereocenters. The molecule has 1 aromatic heterocycles. The normalized spacial score (nSPS) is 15.3. The molecule has 160 valence electrons. The molecule has 0 aliphatic carbocycles. The van der Waals surface area contributed by atoms with Crippen LogP contribution in [0.15, 0.2) is 28.8 Å². The fourth-order valence-electron chi connectivity index (χ4n) is 3.40. The SMILES string of the molecule is CCN(CC(=O)O)C1CCN(Cc2nc(COc3ccc(F)cc3)no2)CC1.Cl. The average molecular weight is 429 g/mol. The van der Waals surface area contributed by atoms with Crippen molar-refractivity contribution in [2.45, 2.75) is 39.0 Å². The summed E-state index contributed by atoms with van der Waals surface area (Å²) in [6.07, 6.45) is 1.82. The number of carboxylic acids is 1. The van der Waals surface area contributed by atoms with Gasteiger partial charge in [-0.15, -0.1) is 12.4 Å². The van der Waals surface area contributed by atoms with E-state index in [2.05, 4.69) is 15.0 Å². The summed E-state index contributed by atoms with van der Waals surface area (Å²) in [5, 5.41) is 12.9. The van der Waals surface area contributed by atoms with E-state index in [1.165, 1.54) is 12.1 Å². The van der Waals surface area contributed by atoms with E-state index in [0.29, 0.717) is 30.1 Å². The maximum atomic E-state index is 12.9. The topological polar surface area (TPSA) is 91.9 Å². The smallest absolute Gasteiger partial charge is 0.317 e. The Morgan fingerprint density at radius 3 is 2.66 bits per heavy atom. The van der Waals surface area contributed by atoms with Crippen LogP contribution in [0.1, 0.15) is 31.5 Å². The number of aromatic nitrogens is 2. The Bertz CT molecular complexity index is 766. The average Bonchev–Trinajstić information content (AvgIpc) is 3.13. The van der Waals surface area contributed by atoms with Gasteiger partial charge in [-0.25, -0.2) is 4.39 Å². The molecule has 1 aliphatic heterocycles. The van der Waals surface area contributed by atoms with Gasteiger partial charge in [0.1, 0.15) is 11.6 Å². The predicted molar refractivity (Wildman–Crippen MR) is 105 cm³/mol. The zero-order chi connectivity index (χ0) is 19.9. The number of halogens is 2. The Morgan fingerprint density at radius 1 is 1.34 bits per heavy atom. The highest BCUT2D eigenvalue weighted by Gasteiger charge is 2.25. The van der Waals surface area contributed by atoms with Crippen molar-refractivity contribution in [3.8, 4) is 5.75 Å². The molecule has 10 heteroatoms. The molecule has 29 heavy (non-hydrogen) atoms. The van der Waals surface area contributed by atoms with Gasteiger partial charge in [0, 0.05) is 19.1 Å². The number of carbonyl (C=O) groups is 1. The summed E-state index contributed by atoms with van der Waals surface area (Å²) in [7, 11) is 0. The van der Waals surface area contributed by atoms with E-state index in [1.807, 2.05) is 11.8 Å². The van der Waals surface area contributed by atoms with Crippen molar-refractivity contribution in [3.05, 3.63) is 41.8 Å². The minimum atomic E-state index is -0.787. The summed E-state index contributed by atoms with van der Waals surface area (Å²) in [4.78, 5) is 19.5. The van der Waals surface area contributed by atoms with Crippen LogP contribution < -0.4 is 4.74 Å². The molecule has 3 rings (SSSR count). The van der Waals surface area contributed by atoms with Crippen LogP contribution in [-0.2, 0) is 17.9 Å². The van der Waals surface area contributed by atoms with Gasteiger partial charge in [0.15, 0.2) is 6.61 Å².